The second-order valence-electron chi connectivity index (χ2n) is 7.81. The van der Waals surface area contributed by atoms with Gasteiger partial charge in [0.05, 0.1) is 15.7 Å². The molecule has 2 amide bonds. The Morgan fingerprint density at radius 2 is 1.88 bits per heavy atom. The van der Waals surface area contributed by atoms with Crippen LogP contribution in [-0.4, -0.2) is 30.5 Å². The number of hydrogen-bond donors (Lipinski definition) is 2. The molecular weight excluding hydrogens is 460 g/mol. The predicted octanol–water partition coefficient (Wildman–Crippen LogP) is 3.56. The monoisotopic (exact) mass is 486 g/mol. The van der Waals surface area contributed by atoms with E-state index in [9.17, 15) is 23.3 Å². The molecule has 0 saturated heterocycles. The molecule has 0 spiro atoms. The zero-order chi connectivity index (χ0) is 24.0. The summed E-state index contributed by atoms with van der Waals surface area (Å²) in [6, 6.07) is 9.69. The van der Waals surface area contributed by atoms with Gasteiger partial charge in [-0.25, -0.2) is 18.1 Å². The summed E-state index contributed by atoms with van der Waals surface area (Å²) in [6.07, 6.45) is 5.64. The van der Waals surface area contributed by atoms with Gasteiger partial charge in [0.2, 0.25) is 11.8 Å². The average molecular weight is 487 g/mol. The third kappa shape index (κ3) is 6.33. The first kappa shape index (κ1) is 24.7. The summed E-state index contributed by atoms with van der Waals surface area (Å²) in [5.74, 6) is -0.945. The summed E-state index contributed by atoms with van der Waals surface area (Å²) in [4.78, 5) is 28.6. The molecule has 174 valence electrons. The molecule has 1 aromatic heterocycles. The third-order valence-corrected chi connectivity index (χ3v) is 8.08. The Labute approximate surface area is 198 Å². The van der Waals surface area contributed by atoms with Gasteiger partial charge in [-0.3, -0.25) is 9.59 Å². The van der Waals surface area contributed by atoms with E-state index in [1.165, 1.54) is 36.0 Å². The fraction of sp³-hybridized carbons (Fsp3) is 0.391. The number of anilines is 1. The van der Waals surface area contributed by atoms with Crippen molar-refractivity contribution in [2.75, 3.05) is 5.32 Å². The van der Waals surface area contributed by atoms with Gasteiger partial charge >= 0.3 is 0 Å². The molecule has 3 rings (SSSR count). The number of aromatic nitrogens is 1. The van der Waals surface area contributed by atoms with Crippen molar-refractivity contribution in [2.45, 2.75) is 67.5 Å². The SMILES string of the molecule is CCC(Sc1nc2c(cc1C#N)CCCCC2)C(=O)Nc1ccc(S(=O)(=O)NC(C)=O)cc1. The molecule has 1 aliphatic rings. The number of benzene rings is 1. The van der Waals surface area contributed by atoms with E-state index in [4.69, 9.17) is 4.98 Å². The minimum atomic E-state index is -3.94. The molecule has 33 heavy (non-hydrogen) atoms. The zero-order valence-corrected chi connectivity index (χ0v) is 20.2. The standard InChI is InChI=1S/C23H26N4O4S2/c1-3-21(32-23-17(14-24)13-16-7-5-4-6-8-20(16)26-23)22(29)25-18-9-11-19(12-10-18)33(30,31)27-15(2)28/h9-13,21H,3-8H2,1-2H3,(H,25,29)(H,27,28). The molecule has 1 aromatic carbocycles. The van der Waals surface area contributed by atoms with Gasteiger partial charge < -0.3 is 5.32 Å². The van der Waals surface area contributed by atoms with Gasteiger partial charge in [-0.15, -0.1) is 0 Å². The van der Waals surface area contributed by atoms with Crippen LogP contribution in [0.15, 0.2) is 40.3 Å². The van der Waals surface area contributed by atoms with Crippen LogP contribution in [0, 0.1) is 11.3 Å². The number of aryl methyl sites for hydroxylation is 2. The molecule has 0 radical (unpaired) electrons. The number of carbonyl (C=O) groups is 2. The lowest BCUT2D eigenvalue weighted by molar-refractivity contribution is -0.117. The molecule has 2 aromatic rings. The van der Waals surface area contributed by atoms with Crippen LogP contribution in [0.3, 0.4) is 0 Å². The number of nitrogens with one attached hydrogen (secondary N) is 2. The molecule has 0 saturated carbocycles. The van der Waals surface area contributed by atoms with Crippen molar-refractivity contribution < 1.29 is 18.0 Å². The first-order valence-corrected chi connectivity index (χ1v) is 13.1. The fourth-order valence-corrected chi connectivity index (χ4v) is 5.59. The summed E-state index contributed by atoms with van der Waals surface area (Å²) in [5, 5.41) is 12.5. The van der Waals surface area contributed by atoms with Crippen molar-refractivity contribution in [2.24, 2.45) is 0 Å². The number of thioether (sulfide) groups is 1. The van der Waals surface area contributed by atoms with Gasteiger partial charge in [0.25, 0.3) is 10.0 Å². The van der Waals surface area contributed by atoms with Crippen molar-refractivity contribution >= 4 is 39.3 Å². The highest BCUT2D eigenvalue weighted by Crippen LogP contribution is 2.31. The Hall–Kier alpha value is -2.90. The lowest BCUT2D eigenvalue weighted by Crippen LogP contribution is -2.28. The summed E-state index contributed by atoms with van der Waals surface area (Å²) >= 11 is 1.27. The van der Waals surface area contributed by atoms with Gasteiger partial charge in [-0.1, -0.05) is 25.1 Å². The first-order valence-electron chi connectivity index (χ1n) is 10.8. The van der Waals surface area contributed by atoms with Crippen molar-refractivity contribution in [3.63, 3.8) is 0 Å². The molecule has 0 bridgehead atoms. The van der Waals surface area contributed by atoms with Gasteiger partial charge in [-0.05, 0) is 68.0 Å². The first-order chi connectivity index (χ1) is 15.7. The summed E-state index contributed by atoms with van der Waals surface area (Å²) in [6.45, 7) is 3.00. The van der Waals surface area contributed by atoms with Crippen molar-refractivity contribution in [3.8, 4) is 6.07 Å². The highest BCUT2D eigenvalue weighted by molar-refractivity contribution is 8.00. The fourth-order valence-electron chi connectivity index (χ4n) is 3.61. The van der Waals surface area contributed by atoms with Crippen molar-refractivity contribution in [1.29, 1.82) is 5.26 Å². The topological polar surface area (TPSA) is 129 Å². The minimum absolute atomic E-state index is 0.0787. The number of pyridine rings is 1. The number of sulfonamides is 1. The van der Waals surface area contributed by atoms with Gasteiger partial charge in [0.1, 0.15) is 11.1 Å². The number of carbonyl (C=O) groups excluding carboxylic acids is 2. The van der Waals surface area contributed by atoms with Crippen LogP contribution < -0.4 is 10.0 Å². The largest absolute Gasteiger partial charge is 0.325 e. The molecule has 2 N–H and O–H groups in total. The molecule has 1 aliphatic carbocycles. The Morgan fingerprint density at radius 3 is 2.52 bits per heavy atom. The normalized spacial score (nSPS) is 14.3. The molecule has 1 unspecified atom stereocenters. The van der Waals surface area contributed by atoms with E-state index < -0.39 is 21.2 Å². The Balaban J connectivity index is 1.74. The number of hydrogen-bond acceptors (Lipinski definition) is 7. The molecule has 1 heterocycles. The molecule has 10 heteroatoms. The second-order valence-corrected chi connectivity index (χ2v) is 10.7. The maximum absolute atomic E-state index is 12.9. The van der Waals surface area contributed by atoms with E-state index in [0.29, 0.717) is 22.7 Å². The number of fused-ring (bicyclic) bond motifs is 1. The summed E-state index contributed by atoms with van der Waals surface area (Å²) in [5.41, 5.74) is 3.05. The second kappa shape index (κ2) is 10.8. The molecule has 0 fully saturated rings. The van der Waals surface area contributed by atoms with E-state index in [1.807, 2.05) is 17.7 Å². The summed E-state index contributed by atoms with van der Waals surface area (Å²) in [7, 11) is -3.94. The molecular formula is C23H26N4O4S2. The van der Waals surface area contributed by atoms with E-state index in [1.54, 1.807) is 0 Å². The van der Waals surface area contributed by atoms with Crippen LogP contribution in [-0.2, 0) is 32.5 Å². The van der Waals surface area contributed by atoms with Gasteiger partial charge in [0.15, 0.2) is 0 Å². The molecule has 0 aliphatic heterocycles. The van der Waals surface area contributed by atoms with Crippen LogP contribution in [0.5, 0.6) is 0 Å². The van der Waals surface area contributed by atoms with E-state index in [-0.39, 0.29) is 10.8 Å². The van der Waals surface area contributed by atoms with E-state index in [0.717, 1.165) is 50.3 Å². The van der Waals surface area contributed by atoms with Crippen molar-refractivity contribution in [1.82, 2.24) is 9.71 Å². The van der Waals surface area contributed by atoms with Crippen LogP contribution in [0.4, 0.5) is 5.69 Å². The molecule has 8 nitrogen and oxygen atoms in total. The number of rotatable bonds is 7. The van der Waals surface area contributed by atoms with Gasteiger partial charge in [-0.2, -0.15) is 5.26 Å². The Bertz CT molecular complexity index is 1190. The smallest absolute Gasteiger partial charge is 0.264 e. The maximum atomic E-state index is 12.9. The lowest BCUT2D eigenvalue weighted by atomic mass is 10.1. The van der Waals surface area contributed by atoms with Crippen LogP contribution >= 0.6 is 11.8 Å². The average Bonchev–Trinajstić information content (AvgIpc) is 3.01. The van der Waals surface area contributed by atoms with E-state index in [2.05, 4.69) is 11.4 Å². The van der Waals surface area contributed by atoms with Crippen molar-refractivity contribution in [3.05, 3.63) is 47.2 Å². The molecule has 1 atom stereocenters. The Kier molecular flexibility index (Phi) is 8.10. The zero-order valence-electron chi connectivity index (χ0n) is 18.6. The summed E-state index contributed by atoms with van der Waals surface area (Å²) < 4.78 is 26.0. The quantitative estimate of drug-likeness (QED) is 0.452. The lowest BCUT2D eigenvalue weighted by Gasteiger charge is -2.16. The van der Waals surface area contributed by atoms with E-state index >= 15 is 0 Å². The van der Waals surface area contributed by atoms with Crippen LogP contribution in [0.2, 0.25) is 0 Å². The Morgan fingerprint density at radius 1 is 1.18 bits per heavy atom. The van der Waals surface area contributed by atoms with Gasteiger partial charge in [0, 0.05) is 18.3 Å². The van der Waals surface area contributed by atoms with Crippen LogP contribution in [0.1, 0.15) is 56.4 Å². The number of nitrogens with zero attached hydrogens (tertiary/aromatic N) is 2. The predicted molar refractivity (Wildman–Crippen MR) is 126 cm³/mol. The highest BCUT2D eigenvalue weighted by atomic mass is 32.2. The number of nitriles is 1. The highest BCUT2D eigenvalue weighted by Gasteiger charge is 2.23. The number of amides is 2. The van der Waals surface area contributed by atoms with Crippen LogP contribution in [0.25, 0.3) is 0 Å². The minimum Gasteiger partial charge on any atom is -0.325 e. The maximum Gasteiger partial charge on any atom is 0.264 e. The third-order valence-electron chi connectivity index (χ3n) is 5.26.